The van der Waals surface area contributed by atoms with Crippen LogP contribution in [0.5, 0.6) is 0 Å². The van der Waals surface area contributed by atoms with Crippen LogP contribution < -0.4 is 0 Å². The van der Waals surface area contributed by atoms with Gasteiger partial charge in [0.15, 0.2) is 6.29 Å². The normalized spacial score (nSPS) is 10.2. The lowest BCUT2D eigenvalue weighted by Gasteiger charge is -2.05. The molecule has 4 nitrogen and oxygen atoms in total. The van der Waals surface area contributed by atoms with Crippen LogP contribution in [0.25, 0.3) is 0 Å². The minimum atomic E-state index is 0.184. The molecule has 0 saturated heterocycles. The SMILES string of the molecule is Cc1nc(Cl)c(C=O)c(Sc2ccncc2)n1. The molecule has 0 unspecified atom stereocenters. The molecule has 2 aromatic heterocycles. The van der Waals surface area contributed by atoms with E-state index < -0.39 is 0 Å². The molecule has 0 aliphatic carbocycles. The quantitative estimate of drug-likeness (QED) is 0.631. The number of hydrogen-bond donors (Lipinski definition) is 0. The van der Waals surface area contributed by atoms with Crippen molar-refractivity contribution in [3.05, 3.63) is 41.1 Å². The van der Waals surface area contributed by atoms with Gasteiger partial charge < -0.3 is 0 Å². The number of nitrogens with zero attached hydrogens (tertiary/aromatic N) is 3. The highest BCUT2D eigenvalue weighted by atomic mass is 35.5. The van der Waals surface area contributed by atoms with Gasteiger partial charge >= 0.3 is 0 Å². The zero-order valence-electron chi connectivity index (χ0n) is 8.92. The van der Waals surface area contributed by atoms with E-state index in [2.05, 4.69) is 15.0 Å². The van der Waals surface area contributed by atoms with Crippen molar-refractivity contribution in [3.63, 3.8) is 0 Å². The second-order valence-corrected chi connectivity index (χ2v) is 4.60. The number of aldehydes is 1. The van der Waals surface area contributed by atoms with Crippen LogP contribution in [-0.2, 0) is 0 Å². The third-order valence-electron chi connectivity index (χ3n) is 1.96. The Balaban J connectivity index is 2.41. The van der Waals surface area contributed by atoms with Gasteiger partial charge in [0.2, 0.25) is 0 Å². The minimum absolute atomic E-state index is 0.184. The van der Waals surface area contributed by atoms with Crippen molar-refractivity contribution in [1.29, 1.82) is 0 Å². The van der Waals surface area contributed by atoms with E-state index in [-0.39, 0.29) is 5.15 Å². The first-order chi connectivity index (χ1) is 8.20. The van der Waals surface area contributed by atoms with E-state index in [0.717, 1.165) is 4.90 Å². The maximum Gasteiger partial charge on any atom is 0.155 e. The summed E-state index contributed by atoms with van der Waals surface area (Å²) in [6, 6.07) is 3.68. The van der Waals surface area contributed by atoms with E-state index in [1.54, 1.807) is 19.3 Å². The van der Waals surface area contributed by atoms with Crippen LogP contribution in [0.3, 0.4) is 0 Å². The standard InChI is InChI=1S/C11H8ClN3OS/c1-7-14-10(12)9(6-16)11(15-7)17-8-2-4-13-5-3-8/h2-6H,1H3. The van der Waals surface area contributed by atoms with Crippen LogP contribution in [0.1, 0.15) is 16.2 Å². The Morgan fingerprint density at radius 2 is 2.00 bits per heavy atom. The number of carbonyl (C=O) groups excluding carboxylic acids is 1. The van der Waals surface area contributed by atoms with Gasteiger partial charge in [-0.25, -0.2) is 9.97 Å². The van der Waals surface area contributed by atoms with Gasteiger partial charge in [-0.05, 0) is 19.1 Å². The van der Waals surface area contributed by atoms with Crippen molar-refractivity contribution in [3.8, 4) is 0 Å². The summed E-state index contributed by atoms with van der Waals surface area (Å²) in [6.07, 6.45) is 4.03. The van der Waals surface area contributed by atoms with Crippen molar-refractivity contribution >= 4 is 29.6 Å². The van der Waals surface area contributed by atoms with Crippen LogP contribution in [0.4, 0.5) is 0 Å². The predicted molar refractivity (Wildman–Crippen MR) is 65.5 cm³/mol. The van der Waals surface area contributed by atoms with Crippen LogP contribution in [0.2, 0.25) is 5.15 Å². The van der Waals surface area contributed by atoms with E-state index in [1.165, 1.54) is 11.8 Å². The summed E-state index contributed by atoms with van der Waals surface area (Å²) < 4.78 is 0. The summed E-state index contributed by atoms with van der Waals surface area (Å²) in [4.78, 5) is 24.0. The van der Waals surface area contributed by atoms with Gasteiger partial charge in [-0.2, -0.15) is 0 Å². The fourth-order valence-corrected chi connectivity index (χ4v) is 2.44. The molecule has 86 valence electrons. The average Bonchev–Trinajstić information content (AvgIpc) is 2.30. The summed E-state index contributed by atoms with van der Waals surface area (Å²) in [5.41, 5.74) is 0.319. The maximum atomic E-state index is 11.0. The molecule has 17 heavy (non-hydrogen) atoms. The van der Waals surface area contributed by atoms with Crippen molar-refractivity contribution in [1.82, 2.24) is 15.0 Å². The number of pyridine rings is 1. The molecule has 0 amide bonds. The Hall–Kier alpha value is -1.46. The zero-order chi connectivity index (χ0) is 12.3. The number of halogens is 1. The lowest BCUT2D eigenvalue weighted by atomic mass is 10.4. The number of carbonyl (C=O) groups is 1. The monoisotopic (exact) mass is 265 g/mol. The molecule has 0 bridgehead atoms. The molecule has 6 heteroatoms. The van der Waals surface area contributed by atoms with Crippen LogP contribution in [0, 0.1) is 6.92 Å². The summed E-state index contributed by atoms with van der Waals surface area (Å²) in [5, 5.41) is 0.743. The largest absolute Gasteiger partial charge is 0.298 e. The summed E-state index contributed by atoms with van der Waals surface area (Å²) in [6.45, 7) is 1.73. The number of rotatable bonds is 3. The van der Waals surface area contributed by atoms with Crippen molar-refractivity contribution in [2.24, 2.45) is 0 Å². The molecule has 0 aliphatic rings. The minimum Gasteiger partial charge on any atom is -0.298 e. The summed E-state index contributed by atoms with van der Waals surface area (Å²) in [5.74, 6) is 0.539. The molecule has 0 spiro atoms. The molecular formula is C11H8ClN3OS. The topological polar surface area (TPSA) is 55.7 Å². The van der Waals surface area contributed by atoms with Crippen LogP contribution in [0.15, 0.2) is 34.4 Å². The molecule has 2 heterocycles. The van der Waals surface area contributed by atoms with Crippen molar-refractivity contribution in [2.75, 3.05) is 0 Å². The first-order valence-corrected chi connectivity index (χ1v) is 5.97. The Labute approximate surface area is 107 Å². The van der Waals surface area contributed by atoms with Gasteiger partial charge in [0, 0.05) is 17.3 Å². The highest BCUT2D eigenvalue weighted by Gasteiger charge is 2.12. The van der Waals surface area contributed by atoms with E-state index in [9.17, 15) is 4.79 Å². The third kappa shape index (κ3) is 2.81. The van der Waals surface area contributed by atoms with Crippen LogP contribution >= 0.6 is 23.4 Å². The highest BCUT2D eigenvalue weighted by molar-refractivity contribution is 7.99. The third-order valence-corrected chi connectivity index (χ3v) is 3.26. The molecule has 0 N–H and O–H groups in total. The zero-order valence-corrected chi connectivity index (χ0v) is 10.5. The fourth-order valence-electron chi connectivity index (χ4n) is 1.22. The lowest BCUT2D eigenvalue weighted by molar-refractivity contribution is 0.112. The van der Waals surface area contributed by atoms with E-state index >= 15 is 0 Å². The maximum absolute atomic E-state index is 11.0. The molecular weight excluding hydrogens is 258 g/mol. The molecule has 0 atom stereocenters. The summed E-state index contributed by atoms with van der Waals surface area (Å²) >= 11 is 7.25. The molecule has 0 aromatic carbocycles. The molecule has 0 fully saturated rings. The molecule has 2 rings (SSSR count). The second kappa shape index (κ2) is 5.25. The average molecular weight is 266 g/mol. The fraction of sp³-hybridized carbons (Fsp3) is 0.0909. The van der Waals surface area contributed by atoms with E-state index in [1.807, 2.05) is 12.1 Å². The number of aromatic nitrogens is 3. The summed E-state index contributed by atoms with van der Waals surface area (Å²) in [7, 11) is 0. The Morgan fingerprint density at radius 1 is 1.29 bits per heavy atom. The van der Waals surface area contributed by atoms with Gasteiger partial charge in [0.25, 0.3) is 0 Å². The number of aryl methyl sites for hydroxylation is 1. The highest BCUT2D eigenvalue weighted by Crippen LogP contribution is 2.30. The number of hydrogen-bond acceptors (Lipinski definition) is 5. The Kier molecular flexibility index (Phi) is 3.71. The van der Waals surface area contributed by atoms with Gasteiger partial charge in [-0.15, -0.1) is 0 Å². The van der Waals surface area contributed by atoms with Crippen molar-refractivity contribution < 1.29 is 4.79 Å². The van der Waals surface area contributed by atoms with Gasteiger partial charge in [-0.3, -0.25) is 9.78 Å². The van der Waals surface area contributed by atoms with E-state index in [4.69, 9.17) is 11.6 Å². The first-order valence-electron chi connectivity index (χ1n) is 4.78. The van der Waals surface area contributed by atoms with Gasteiger partial charge in [0.05, 0.1) is 5.56 Å². The molecule has 0 aliphatic heterocycles. The van der Waals surface area contributed by atoms with Crippen LogP contribution in [-0.4, -0.2) is 21.2 Å². The molecule has 2 aromatic rings. The van der Waals surface area contributed by atoms with E-state index in [0.29, 0.717) is 22.7 Å². The Bertz CT molecular complexity index is 548. The predicted octanol–water partition coefficient (Wildman–Crippen LogP) is 2.80. The van der Waals surface area contributed by atoms with Gasteiger partial charge in [-0.1, -0.05) is 23.4 Å². The smallest absolute Gasteiger partial charge is 0.155 e. The molecule has 0 saturated carbocycles. The molecule has 0 radical (unpaired) electrons. The Morgan fingerprint density at radius 3 is 2.65 bits per heavy atom. The lowest BCUT2D eigenvalue weighted by Crippen LogP contribution is -1.98. The van der Waals surface area contributed by atoms with Gasteiger partial charge in [0.1, 0.15) is 16.0 Å². The van der Waals surface area contributed by atoms with Crippen molar-refractivity contribution in [2.45, 2.75) is 16.8 Å². The first kappa shape index (κ1) is 12.0. The second-order valence-electron chi connectivity index (χ2n) is 3.18.